The third-order valence-electron chi connectivity index (χ3n) is 5.76. The molecule has 1 fully saturated rings. The summed E-state index contributed by atoms with van der Waals surface area (Å²) in [4.78, 5) is 35.1. The summed E-state index contributed by atoms with van der Waals surface area (Å²) in [7, 11) is 3.49. The van der Waals surface area contributed by atoms with Crippen molar-refractivity contribution in [2.24, 2.45) is 7.05 Å². The molecule has 4 aromatic rings. The van der Waals surface area contributed by atoms with E-state index in [0.717, 1.165) is 5.56 Å². The molecular formula is C24H22N8O3. The van der Waals surface area contributed by atoms with E-state index < -0.39 is 0 Å². The molecule has 0 unspecified atom stereocenters. The summed E-state index contributed by atoms with van der Waals surface area (Å²) in [5, 5.41) is 3.25. The minimum absolute atomic E-state index is 0.0720. The number of carbonyl (C=O) groups excluding carboxylic acids is 1. The molecule has 4 aromatic heterocycles. The van der Waals surface area contributed by atoms with Gasteiger partial charge in [0.05, 0.1) is 23.7 Å². The number of nitrogens with one attached hydrogen (secondary N) is 1. The molecule has 176 valence electrons. The molecule has 1 aliphatic rings. The largest absolute Gasteiger partial charge is 0.435 e. The van der Waals surface area contributed by atoms with E-state index in [1.54, 1.807) is 53.4 Å². The first-order valence-corrected chi connectivity index (χ1v) is 10.8. The number of rotatable bonds is 6. The van der Waals surface area contributed by atoms with Gasteiger partial charge in [-0.2, -0.15) is 4.98 Å². The zero-order chi connectivity index (χ0) is 24.5. The quantitative estimate of drug-likeness (QED) is 0.425. The number of hydrogen-bond donors (Lipinski definition) is 1. The van der Waals surface area contributed by atoms with Gasteiger partial charge in [0.2, 0.25) is 5.88 Å². The third-order valence-corrected chi connectivity index (χ3v) is 5.76. The summed E-state index contributed by atoms with van der Waals surface area (Å²) >= 11 is 0. The summed E-state index contributed by atoms with van der Waals surface area (Å²) in [6.45, 7) is 10.1. The average Bonchev–Trinajstić information content (AvgIpc) is 3.21. The molecule has 1 saturated heterocycles. The smallest absolute Gasteiger partial charge is 0.269 e. The molecule has 11 heteroatoms. The third kappa shape index (κ3) is 4.34. The van der Waals surface area contributed by atoms with E-state index in [0.29, 0.717) is 58.8 Å². The van der Waals surface area contributed by atoms with Gasteiger partial charge in [0.25, 0.3) is 11.7 Å². The van der Waals surface area contributed by atoms with Gasteiger partial charge in [-0.15, -0.1) is 4.98 Å². The number of imidazole rings is 1. The van der Waals surface area contributed by atoms with Gasteiger partial charge in [0, 0.05) is 39.5 Å². The van der Waals surface area contributed by atoms with E-state index in [4.69, 9.17) is 16.0 Å². The van der Waals surface area contributed by atoms with E-state index in [1.807, 2.05) is 14.0 Å². The summed E-state index contributed by atoms with van der Waals surface area (Å²) in [5.74, 6) is 1.61. The van der Waals surface area contributed by atoms with Crippen molar-refractivity contribution in [1.82, 2.24) is 29.4 Å². The van der Waals surface area contributed by atoms with Crippen LogP contribution < -0.4 is 10.1 Å². The van der Waals surface area contributed by atoms with Gasteiger partial charge in [-0.25, -0.2) is 9.97 Å². The van der Waals surface area contributed by atoms with Crippen molar-refractivity contribution in [3.05, 3.63) is 65.5 Å². The Morgan fingerprint density at radius 2 is 2.03 bits per heavy atom. The lowest BCUT2D eigenvalue weighted by atomic mass is 10.1. The first-order valence-electron chi connectivity index (χ1n) is 10.8. The Kier molecular flexibility index (Phi) is 5.72. The number of ether oxygens (including phenoxy) is 2. The van der Waals surface area contributed by atoms with Crippen LogP contribution in [0.15, 0.2) is 43.0 Å². The maximum absolute atomic E-state index is 12.6. The Bertz CT molecular complexity index is 1450. The number of likely N-dealkylation sites (tertiary alicyclic amines) is 1. The second kappa shape index (κ2) is 9.00. The van der Waals surface area contributed by atoms with E-state index in [9.17, 15) is 4.79 Å². The van der Waals surface area contributed by atoms with Crippen molar-refractivity contribution in [3.63, 3.8) is 0 Å². The van der Waals surface area contributed by atoms with Crippen molar-refractivity contribution in [2.45, 2.75) is 13.0 Å². The van der Waals surface area contributed by atoms with Gasteiger partial charge in [0.15, 0.2) is 17.6 Å². The van der Waals surface area contributed by atoms with Gasteiger partial charge in [-0.05, 0) is 30.7 Å². The van der Waals surface area contributed by atoms with Gasteiger partial charge in [0.1, 0.15) is 11.3 Å². The molecule has 1 N–H and O–H groups in total. The van der Waals surface area contributed by atoms with Gasteiger partial charge in [-0.1, -0.05) is 6.57 Å². The molecule has 0 spiro atoms. The Labute approximate surface area is 201 Å². The summed E-state index contributed by atoms with van der Waals surface area (Å²) in [6, 6.07) is 6.86. The second-order valence-electron chi connectivity index (χ2n) is 8.18. The highest BCUT2D eigenvalue weighted by Crippen LogP contribution is 2.31. The molecule has 0 aliphatic carbocycles. The monoisotopic (exact) mass is 470 g/mol. The number of anilines is 2. The Morgan fingerprint density at radius 3 is 2.71 bits per heavy atom. The first kappa shape index (κ1) is 22.2. The van der Waals surface area contributed by atoms with Crippen molar-refractivity contribution >= 4 is 34.4 Å². The fourth-order valence-corrected chi connectivity index (χ4v) is 3.70. The number of carbonyl (C=O) groups is 1. The Hall–Kier alpha value is -4.56. The first-order chi connectivity index (χ1) is 16.9. The van der Waals surface area contributed by atoms with E-state index in [2.05, 4.69) is 30.1 Å². The van der Waals surface area contributed by atoms with Gasteiger partial charge >= 0.3 is 0 Å². The van der Waals surface area contributed by atoms with E-state index in [1.165, 1.54) is 6.20 Å². The lowest BCUT2D eigenvalue weighted by molar-refractivity contribution is -0.0192. The predicted octanol–water partition coefficient (Wildman–Crippen LogP) is 3.62. The summed E-state index contributed by atoms with van der Waals surface area (Å²) in [6.07, 6.45) is 4.82. The highest BCUT2D eigenvalue weighted by Gasteiger charge is 2.31. The molecule has 35 heavy (non-hydrogen) atoms. The lowest BCUT2D eigenvalue weighted by Gasteiger charge is -2.38. The standard InChI is InChI=1S/C24H22N8O3/c1-14-7-20(25-2)27-10-18(14)35-21-8-17(22-23(30-21)31(3)13-28-22)29-19-6-5-15(9-26-19)24(33)32-11-16(12-32)34-4/h5-10,13,16H,11-12H2,1,3-4H3,(H,26,29,30). The van der Waals surface area contributed by atoms with Crippen LogP contribution in [0.1, 0.15) is 15.9 Å². The fraction of sp³-hybridized carbons (Fsp3) is 0.250. The number of fused-ring (bicyclic) bond motifs is 1. The number of amides is 1. The number of pyridine rings is 3. The number of aromatic nitrogens is 5. The van der Waals surface area contributed by atoms with E-state index >= 15 is 0 Å². The van der Waals surface area contributed by atoms with Crippen LogP contribution in [0.5, 0.6) is 11.6 Å². The topological polar surface area (TPSA) is 112 Å². The fourth-order valence-electron chi connectivity index (χ4n) is 3.70. The lowest BCUT2D eigenvalue weighted by Crippen LogP contribution is -2.54. The minimum atomic E-state index is -0.0720. The predicted molar refractivity (Wildman–Crippen MR) is 128 cm³/mol. The van der Waals surface area contributed by atoms with Crippen LogP contribution in [0, 0.1) is 13.5 Å². The highest BCUT2D eigenvalue weighted by molar-refractivity contribution is 5.95. The van der Waals surface area contributed by atoms with Crippen LogP contribution in [-0.2, 0) is 11.8 Å². The van der Waals surface area contributed by atoms with Crippen molar-refractivity contribution in [1.29, 1.82) is 0 Å². The molecule has 1 amide bonds. The highest BCUT2D eigenvalue weighted by atomic mass is 16.5. The number of aryl methyl sites for hydroxylation is 2. The molecule has 0 bridgehead atoms. The number of hydrogen-bond acceptors (Lipinski definition) is 8. The van der Waals surface area contributed by atoms with Crippen LogP contribution in [0.2, 0.25) is 0 Å². The molecule has 0 atom stereocenters. The molecule has 0 radical (unpaired) electrons. The van der Waals surface area contributed by atoms with Crippen LogP contribution in [0.25, 0.3) is 16.0 Å². The zero-order valence-electron chi connectivity index (χ0n) is 19.4. The van der Waals surface area contributed by atoms with Crippen molar-refractivity contribution in [3.8, 4) is 11.6 Å². The average molecular weight is 470 g/mol. The molecule has 1 aliphatic heterocycles. The maximum Gasteiger partial charge on any atom is 0.269 e. The molecule has 0 saturated carbocycles. The summed E-state index contributed by atoms with van der Waals surface area (Å²) < 4.78 is 13.0. The Morgan fingerprint density at radius 1 is 1.20 bits per heavy atom. The number of methoxy groups -OCH3 is 1. The minimum Gasteiger partial charge on any atom is -0.435 e. The van der Waals surface area contributed by atoms with Crippen LogP contribution in [-0.4, -0.2) is 61.6 Å². The van der Waals surface area contributed by atoms with Gasteiger partial charge < -0.3 is 29.1 Å². The molecule has 0 aromatic carbocycles. The molecular weight excluding hydrogens is 448 g/mol. The maximum atomic E-state index is 12.6. The van der Waals surface area contributed by atoms with Crippen LogP contribution in [0.4, 0.5) is 17.3 Å². The van der Waals surface area contributed by atoms with Crippen molar-refractivity contribution < 1.29 is 14.3 Å². The molecule has 5 heterocycles. The second-order valence-corrected chi connectivity index (χ2v) is 8.18. The zero-order valence-corrected chi connectivity index (χ0v) is 19.4. The van der Waals surface area contributed by atoms with Crippen molar-refractivity contribution in [2.75, 3.05) is 25.5 Å². The van der Waals surface area contributed by atoms with Crippen LogP contribution >= 0.6 is 0 Å². The molecule has 5 rings (SSSR count). The SMILES string of the molecule is [C-]#[N+]c1cc(C)c(Oc2cc(Nc3ccc(C(=O)N4CC(OC)C4)cn3)c3ncn(C)c3n2)cn1. The van der Waals surface area contributed by atoms with Gasteiger partial charge in [-0.3, -0.25) is 4.79 Å². The Balaban J connectivity index is 1.39. The normalized spacial score (nSPS) is 13.4. The molecule has 11 nitrogen and oxygen atoms in total. The van der Waals surface area contributed by atoms with E-state index in [-0.39, 0.29) is 12.0 Å². The van der Waals surface area contributed by atoms with Crippen LogP contribution in [0.3, 0.4) is 0 Å². The summed E-state index contributed by atoms with van der Waals surface area (Å²) in [5.41, 5.74) is 3.19. The number of nitrogens with zero attached hydrogens (tertiary/aromatic N) is 7.